The van der Waals surface area contributed by atoms with E-state index in [0.717, 1.165) is 28.0 Å². The highest BCUT2D eigenvalue weighted by Gasteiger charge is 2.06. The Morgan fingerprint density at radius 2 is 2.22 bits per heavy atom. The fourth-order valence-electron chi connectivity index (χ4n) is 2.21. The number of aliphatic hydroxyl groups excluding tert-OH is 1. The van der Waals surface area contributed by atoms with Gasteiger partial charge in [-0.15, -0.1) is 11.3 Å². The van der Waals surface area contributed by atoms with E-state index in [1.165, 1.54) is 4.88 Å². The molecule has 0 saturated carbocycles. The normalized spacial score (nSPS) is 11.2. The smallest absolute Gasteiger partial charge is 0.0897 e. The molecule has 3 aromatic rings. The molecule has 18 heavy (non-hydrogen) atoms. The summed E-state index contributed by atoms with van der Waals surface area (Å²) >= 11 is 1.72. The minimum Gasteiger partial charge on any atom is -0.392 e. The molecule has 0 saturated heterocycles. The van der Waals surface area contributed by atoms with Gasteiger partial charge in [0.2, 0.25) is 0 Å². The summed E-state index contributed by atoms with van der Waals surface area (Å²) in [5.41, 5.74) is 2.14. The fraction of sp³-hybridized carbons (Fsp3) is 0.214. The summed E-state index contributed by atoms with van der Waals surface area (Å²) < 4.78 is 2.20. The van der Waals surface area contributed by atoms with E-state index in [0.29, 0.717) is 0 Å². The van der Waals surface area contributed by atoms with Gasteiger partial charge in [0, 0.05) is 28.2 Å². The molecule has 0 aliphatic rings. The SMILES string of the molecule is Cc1ncc(Cn2ccc3c(CO)cccc32)s1. The van der Waals surface area contributed by atoms with Crippen molar-refractivity contribution in [1.82, 2.24) is 9.55 Å². The third kappa shape index (κ3) is 1.94. The Balaban J connectivity index is 2.02. The van der Waals surface area contributed by atoms with Gasteiger partial charge in [-0.2, -0.15) is 0 Å². The minimum absolute atomic E-state index is 0.0843. The van der Waals surface area contributed by atoms with Crippen molar-refractivity contribution in [3.63, 3.8) is 0 Å². The fourth-order valence-corrected chi connectivity index (χ4v) is 3.00. The van der Waals surface area contributed by atoms with Crippen molar-refractivity contribution in [2.45, 2.75) is 20.1 Å². The molecule has 0 aliphatic carbocycles. The van der Waals surface area contributed by atoms with Crippen LogP contribution in [0, 0.1) is 6.92 Å². The lowest BCUT2D eigenvalue weighted by Crippen LogP contribution is -1.95. The molecule has 0 bridgehead atoms. The van der Waals surface area contributed by atoms with Gasteiger partial charge in [-0.25, -0.2) is 4.98 Å². The standard InChI is InChI=1S/C14H14N2OS/c1-10-15-7-12(18-10)8-16-6-5-13-11(9-17)3-2-4-14(13)16/h2-7,17H,8-9H2,1H3. The number of aryl methyl sites for hydroxylation is 1. The molecule has 1 aromatic carbocycles. The molecular weight excluding hydrogens is 244 g/mol. The number of hydrogen-bond acceptors (Lipinski definition) is 3. The van der Waals surface area contributed by atoms with E-state index in [1.54, 1.807) is 11.3 Å². The minimum atomic E-state index is 0.0843. The van der Waals surface area contributed by atoms with E-state index in [2.05, 4.69) is 27.9 Å². The van der Waals surface area contributed by atoms with Crippen LogP contribution in [0.5, 0.6) is 0 Å². The van der Waals surface area contributed by atoms with Gasteiger partial charge in [0.15, 0.2) is 0 Å². The number of fused-ring (bicyclic) bond motifs is 1. The summed E-state index contributed by atoms with van der Waals surface area (Å²) in [7, 11) is 0. The quantitative estimate of drug-likeness (QED) is 0.784. The van der Waals surface area contributed by atoms with Crippen molar-refractivity contribution in [2.24, 2.45) is 0 Å². The number of hydrogen-bond donors (Lipinski definition) is 1. The summed E-state index contributed by atoms with van der Waals surface area (Å²) in [6.07, 6.45) is 4.00. The van der Waals surface area contributed by atoms with Crippen LogP contribution in [0.1, 0.15) is 15.4 Å². The van der Waals surface area contributed by atoms with Crippen molar-refractivity contribution < 1.29 is 5.11 Å². The van der Waals surface area contributed by atoms with Gasteiger partial charge in [-0.3, -0.25) is 0 Å². The zero-order chi connectivity index (χ0) is 12.5. The first kappa shape index (κ1) is 11.4. The van der Waals surface area contributed by atoms with Crippen molar-refractivity contribution in [2.75, 3.05) is 0 Å². The van der Waals surface area contributed by atoms with Gasteiger partial charge in [-0.05, 0) is 24.6 Å². The van der Waals surface area contributed by atoms with E-state index >= 15 is 0 Å². The maximum absolute atomic E-state index is 9.32. The summed E-state index contributed by atoms with van der Waals surface area (Å²) in [4.78, 5) is 5.53. The molecule has 0 amide bonds. The monoisotopic (exact) mass is 258 g/mol. The van der Waals surface area contributed by atoms with Gasteiger partial charge >= 0.3 is 0 Å². The number of aromatic nitrogens is 2. The molecule has 0 unspecified atom stereocenters. The summed E-state index contributed by atoms with van der Waals surface area (Å²) in [5, 5.41) is 11.5. The molecule has 0 spiro atoms. The molecule has 92 valence electrons. The molecule has 4 heteroatoms. The maximum Gasteiger partial charge on any atom is 0.0897 e. The number of aliphatic hydroxyl groups is 1. The second kappa shape index (κ2) is 4.55. The second-order valence-electron chi connectivity index (χ2n) is 4.30. The van der Waals surface area contributed by atoms with E-state index in [1.807, 2.05) is 25.3 Å². The Kier molecular flexibility index (Phi) is 2.89. The first-order valence-electron chi connectivity index (χ1n) is 5.87. The van der Waals surface area contributed by atoms with Crippen LogP contribution in [-0.4, -0.2) is 14.7 Å². The van der Waals surface area contributed by atoms with E-state index in [9.17, 15) is 5.11 Å². The van der Waals surface area contributed by atoms with Gasteiger partial charge in [0.1, 0.15) is 0 Å². The lowest BCUT2D eigenvalue weighted by Gasteiger charge is -2.04. The summed E-state index contributed by atoms with van der Waals surface area (Å²) in [6.45, 7) is 2.94. The zero-order valence-corrected chi connectivity index (χ0v) is 10.9. The van der Waals surface area contributed by atoms with Crippen LogP contribution in [-0.2, 0) is 13.2 Å². The molecule has 3 nitrogen and oxygen atoms in total. The van der Waals surface area contributed by atoms with Crippen LogP contribution < -0.4 is 0 Å². The number of thiazole rings is 1. The van der Waals surface area contributed by atoms with Crippen LogP contribution in [0.2, 0.25) is 0 Å². The third-order valence-corrected chi connectivity index (χ3v) is 3.97. The molecule has 2 heterocycles. The Bertz CT molecular complexity index is 684. The predicted molar refractivity (Wildman–Crippen MR) is 73.8 cm³/mol. The van der Waals surface area contributed by atoms with Gasteiger partial charge in [0.05, 0.1) is 18.2 Å². The average molecular weight is 258 g/mol. The summed E-state index contributed by atoms with van der Waals surface area (Å²) in [5.74, 6) is 0. The highest BCUT2D eigenvalue weighted by molar-refractivity contribution is 7.11. The molecule has 0 fully saturated rings. The van der Waals surface area contributed by atoms with Gasteiger partial charge in [-0.1, -0.05) is 12.1 Å². The topological polar surface area (TPSA) is 38.0 Å². The number of benzene rings is 1. The van der Waals surface area contributed by atoms with Gasteiger partial charge < -0.3 is 9.67 Å². The lowest BCUT2D eigenvalue weighted by atomic mass is 10.1. The largest absolute Gasteiger partial charge is 0.392 e. The highest BCUT2D eigenvalue weighted by atomic mass is 32.1. The van der Waals surface area contributed by atoms with Crippen LogP contribution in [0.25, 0.3) is 10.9 Å². The van der Waals surface area contributed by atoms with Crippen LogP contribution in [0.4, 0.5) is 0 Å². The second-order valence-corrected chi connectivity index (χ2v) is 5.62. The van der Waals surface area contributed by atoms with E-state index in [4.69, 9.17) is 0 Å². The Morgan fingerprint density at radius 3 is 2.94 bits per heavy atom. The Labute approximate surface area is 109 Å². The number of nitrogens with zero attached hydrogens (tertiary/aromatic N) is 2. The Hall–Kier alpha value is -1.65. The molecule has 0 atom stereocenters. The molecule has 0 aliphatic heterocycles. The van der Waals surface area contributed by atoms with E-state index < -0.39 is 0 Å². The third-order valence-electron chi connectivity index (χ3n) is 3.07. The maximum atomic E-state index is 9.32. The molecule has 1 N–H and O–H groups in total. The predicted octanol–water partition coefficient (Wildman–Crippen LogP) is 2.95. The van der Waals surface area contributed by atoms with Crippen molar-refractivity contribution >= 4 is 22.2 Å². The van der Waals surface area contributed by atoms with Crippen LogP contribution in [0.3, 0.4) is 0 Å². The molecule has 0 radical (unpaired) electrons. The van der Waals surface area contributed by atoms with Gasteiger partial charge in [0.25, 0.3) is 0 Å². The van der Waals surface area contributed by atoms with Crippen LogP contribution in [0.15, 0.2) is 36.7 Å². The average Bonchev–Trinajstić information content (AvgIpc) is 2.97. The summed E-state index contributed by atoms with van der Waals surface area (Å²) in [6, 6.07) is 8.10. The Morgan fingerprint density at radius 1 is 1.33 bits per heavy atom. The first-order valence-corrected chi connectivity index (χ1v) is 6.68. The van der Waals surface area contributed by atoms with Crippen molar-refractivity contribution in [3.05, 3.63) is 52.1 Å². The zero-order valence-electron chi connectivity index (χ0n) is 10.1. The number of rotatable bonds is 3. The van der Waals surface area contributed by atoms with E-state index in [-0.39, 0.29) is 6.61 Å². The highest BCUT2D eigenvalue weighted by Crippen LogP contribution is 2.22. The molecule has 2 aromatic heterocycles. The molecular formula is C14H14N2OS. The van der Waals surface area contributed by atoms with Crippen LogP contribution >= 0.6 is 11.3 Å². The molecule has 3 rings (SSSR count). The van der Waals surface area contributed by atoms with Crippen molar-refractivity contribution in [1.29, 1.82) is 0 Å². The lowest BCUT2D eigenvalue weighted by molar-refractivity contribution is 0.283. The van der Waals surface area contributed by atoms with Crippen molar-refractivity contribution in [3.8, 4) is 0 Å². The first-order chi connectivity index (χ1) is 8.78.